The minimum absolute atomic E-state index is 0.00799. The maximum absolute atomic E-state index is 14.5. The van der Waals surface area contributed by atoms with E-state index in [0.717, 1.165) is 12.3 Å². The van der Waals surface area contributed by atoms with E-state index in [1.807, 2.05) is 0 Å². The van der Waals surface area contributed by atoms with Gasteiger partial charge < -0.3 is 14.7 Å². The third-order valence-electron chi connectivity index (χ3n) is 6.55. The summed E-state index contributed by atoms with van der Waals surface area (Å²) in [4.78, 5) is 18.6. The molecule has 12 heteroatoms. The highest BCUT2D eigenvalue weighted by Crippen LogP contribution is 2.34. The summed E-state index contributed by atoms with van der Waals surface area (Å²) in [5.41, 5.74) is 1.47. The van der Waals surface area contributed by atoms with Crippen LogP contribution < -0.4 is 4.74 Å². The highest BCUT2D eigenvalue weighted by molar-refractivity contribution is 5.79. The molecule has 2 amide bonds. The summed E-state index contributed by atoms with van der Waals surface area (Å²) in [6.45, 7) is 2.00. The molecule has 2 unspecified atom stereocenters. The predicted octanol–water partition coefficient (Wildman–Crippen LogP) is 3.64. The summed E-state index contributed by atoms with van der Waals surface area (Å²) in [5.74, 6) is -2.43. The smallest absolute Gasteiger partial charge is 0.340 e. The van der Waals surface area contributed by atoms with E-state index in [9.17, 15) is 23.1 Å². The minimum atomic E-state index is -0.790. The summed E-state index contributed by atoms with van der Waals surface area (Å²) < 4.78 is 49.3. The number of hydrazone groups is 1. The normalized spacial score (nSPS) is 22.8. The maximum Gasteiger partial charge on any atom is 0.340 e. The van der Waals surface area contributed by atoms with E-state index in [-0.39, 0.29) is 25.3 Å². The van der Waals surface area contributed by atoms with Gasteiger partial charge in [-0.1, -0.05) is 0 Å². The van der Waals surface area contributed by atoms with Gasteiger partial charge in [-0.15, -0.1) is 0 Å². The number of ether oxygens (including phenoxy) is 1. The number of aryl methyl sites for hydroxylation is 1. The Balaban J connectivity index is 1.24. The number of likely N-dealkylation sites (tertiary alicyclic amines) is 1. The van der Waals surface area contributed by atoms with Crippen molar-refractivity contribution in [2.75, 3.05) is 13.1 Å². The average molecular weight is 502 g/mol. The van der Waals surface area contributed by atoms with Gasteiger partial charge in [0.25, 0.3) is 0 Å². The van der Waals surface area contributed by atoms with Crippen LogP contribution in [-0.2, 0) is 7.05 Å². The molecule has 3 atom stereocenters. The highest BCUT2D eigenvalue weighted by atomic mass is 19.1. The number of hydrogen-bond donors (Lipinski definition) is 1. The molecule has 1 fully saturated rings. The summed E-state index contributed by atoms with van der Waals surface area (Å²) >= 11 is 0. The predicted molar refractivity (Wildman–Crippen MR) is 124 cm³/mol. The molecule has 0 radical (unpaired) electrons. The Bertz CT molecular complexity index is 1270. The topological polar surface area (TPSA) is 96.1 Å². The number of nitrogens with zero attached hydrogens (tertiary/aromatic N) is 6. The van der Waals surface area contributed by atoms with Gasteiger partial charge in [-0.2, -0.15) is 10.2 Å². The average Bonchev–Trinajstić information content (AvgIpc) is 3.43. The van der Waals surface area contributed by atoms with Crippen LogP contribution in [0.4, 0.5) is 18.0 Å². The van der Waals surface area contributed by atoms with E-state index < -0.39 is 47.7 Å². The molecule has 2 aromatic rings. The maximum atomic E-state index is 14.5. The Hall–Kier alpha value is -3.67. The summed E-state index contributed by atoms with van der Waals surface area (Å²) in [6, 6.07) is 0.560. The van der Waals surface area contributed by atoms with E-state index in [4.69, 9.17) is 4.74 Å². The quantitative estimate of drug-likeness (QED) is 0.674. The standard InChI is InChI=1S/C24H25F3N6O3/c1-13(34)18-9-30-31(2)23(18)20-8-22(19(27)10-28-20)36-17-11-32(12-17)24(35)33-21(3-4-29-33)14-5-15(25)7-16(26)6-14/h4-5,7-10,13-14,17,21,34H,3,6,11-12H2,1-2H3/t13?,14?,21-/m0/s1. The van der Waals surface area contributed by atoms with E-state index in [2.05, 4.69) is 15.2 Å². The third kappa shape index (κ3) is 4.48. The fourth-order valence-electron chi connectivity index (χ4n) is 4.68. The van der Waals surface area contributed by atoms with E-state index in [1.54, 1.807) is 20.2 Å². The molecule has 1 aliphatic carbocycles. The molecule has 0 spiro atoms. The van der Waals surface area contributed by atoms with Crippen molar-refractivity contribution in [2.24, 2.45) is 18.1 Å². The van der Waals surface area contributed by atoms with Crippen LogP contribution in [0.25, 0.3) is 11.4 Å². The Morgan fingerprint density at radius 2 is 2.03 bits per heavy atom. The van der Waals surface area contributed by atoms with Crippen LogP contribution in [0.1, 0.15) is 31.4 Å². The molecule has 4 heterocycles. The van der Waals surface area contributed by atoms with Gasteiger partial charge in [-0.3, -0.25) is 9.67 Å². The Morgan fingerprint density at radius 1 is 1.25 bits per heavy atom. The van der Waals surface area contributed by atoms with Gasteiger partial charge in [0.2, 0.25) is 0 Å². The number of urea groups is 1. The number of hydrogen-bond acceptors (Lipinski definition) is 6. The molecular weight excluding hydrogens is 477 g/mol. The number of rotatable bonds is 5. The van der Waals surface area contributed by atoms with Gasteiger partial charge in [0.1, 0.15) is 17.8 Å². The first-order chi connectivity index (χ1) is 17.2. The lowest BCUT2D eigenvalue weighted by Gasteiger charge is -2.41. The highest BCUT2D eigenvalue weighted by Gasteiger charge is 2.41. The van der Waals surface area contributed by atoms with Crippen molar-refractivity contribution in [1.82, 2.24) is 24.7 Å². The van der Waals surface area contributed by atoms with Gasteiger partial charge in [-0.05, 0) is 13.0 Å². The molecule has 0 aromatic carbocycles. The molecule has 1 N–H and O–H groups in total. The molecule has 9 nitrogen and oxygen atoms in total. The van der Waals surface area contributed by atoms with E-state index >= 15 is 0 Å². The van der Waals surface area contributed by atoms with Crippen LogP contribution in [0.3, 0.4) is 0 Å². The van der Waals surface area contributed by atoms with Gasteiger partial charge >= 0.3 is 6.03 Å². The summed E-state index contributed by atoms with van der Waals surface area (Å²) in [6.07, 6.45) is 5.45. The minimum Gasteiger partial charge on any atom is -0.483 e. The number of pyridine rings is 1. The number of halogens is 3. The van der Waals surface area contributed by atoms with E-state index in [1.165, 1.54) is 32.9 Å². The second-order valence-electron chi connectivity index (χ2n) is 9.13. The van der Waals surface area contributed by atoms with Crippen molar-refractivity contribution >= 4 is 12.2 Å². The Morgan fingerprint density at radius 3 is 2.75 bits per heavy atom. The lowest BCUT2D eigenvalue weighted by Crippen LogP contribution is -2.60. The van der Waals surface area contributed by atoms with Crippen LogP contribution in [0.2, 0.25) is 0 Å². The summed E-state index contributed by atoms with van der Waals surface area (Å²) in [5, 5.41) is 19.5. The third-order valence-corrected chi connectivity index (χ3v) is 6.55. The van der Waals surface area contributed by atoms with Crippen molar-refractivity contribution in [1.29, 1.82) is 0 Å². The van der Waals surface area contributed by atoms with Crippen molar-refractivity contribution in [3.63, 3.8) is 0 Å². The number of aliphatic hydroxyl groups is 1. The molecule has 36 heavy (non-hydrogen) atoms. The molecule has 0 saturated carbocycles. The fourth-order valence-corrected chi connectivity index (χ4v) is 4.68. The second-order valence-corrected chi connectivity index (χ2v) is 9.13. The van der Waals surface area contributed by atoms with Crippen molar-refractivity contribution in [3.8, 4) is 17.1 Å². The molecule has 2 aromatic heterocycles. The van der Waals surface area contributed by atoms with E-state index in [0.29, 0.717) is 23.4 Å². The lowest BCUT2D eigenvalue weighted by atomic mass is 9.90. The first kappa shape index (κ1) is 24.0. The number of allylic oxidation sites excluding steroid dienone is 3. The zero-order valence-electron chi connectivity index (χ0n) is 19.7. The zero-order valence-corrected chi connectivity index (χ0v) is 19.7. The van der Waals surface area contributed by atoms with Crippen molar-refractivity contribution < 1.29 is 27.8 Å². The van der Waals surface area contributed by atoms with Gasteiger partial charge in [0.05, 0.1) is 49.0 Å². The molecular formula is C24H25F3N6O3. The summed E-state index contributed by atoms with van der Waals surface area (Å²) in [7, 11) is 1.69. The van der Waals surface area contributed by atoms with Crippen molar-refractivity contribution in [2.45, 2.75) is 38.0 Å². The van der Waals surface area contributed by atoms with Crippen LogP contribution in [0.15, 0.2) is 47.4 Å². The largest absolute Gasteiger partial charge is 0.483 e. The second kappa shape index (κ2) is 9.41. The number of carbonyl (C=O) groups excluding carboxylic acids is 1. The number of carbonyl (C=O) groups is 1. The molecule has 2 aliphatic heterocycles. The zero-order chi connectivity index (χ0) is 25.6. The van der Waals surface area contributed by atoms with Gasteiger partial charge in [0.15, 0.2) is 11.6 Å². The van der Waals surface area contributed by atoms with Gasteiger partial charge in [0, 0.05) is 49.7 Å². The van der Waals surface area contributed by atoms with Crippen LogP contribution in [-0.4, -0.2) is 67.3 Å². The Labute approximate surface area is 205 Å². The Kier molecular flexibility index (Phi) is 6.29. The first-order valence-electron chi connectivity index (χ1n) is 11.6. The first-order valence-corrected chi connectivity index (χ1v) is 11.6. The molecule has 3 aliphatic rings. The monoisotopic (exact) mass is 502 g/mol. The number of aromatic nitrogens is 3. The SMILES string of the molecule is CC(O)c1cnn(C)c1-c1cc(OC2CN(C(=O)N3N=CC[C@H]3C3C=C(F)C=C(F)C3)C2)c(F)cn1. The van der Waals surface area contributed by atoms with Gasteiger partial charge in [-0.25, -0.2) is 23.0 Å². The number of amides is 2. The van der Waals surface area contributed by atoms with Crippen LogP contribution in [0.5, 0.6) is 5.75 Å². The molecule has 0 bridgehead atoms. The van der Waals surface area contributed by atoms with Crippen LogP contribution >= 0.6 is 0 Å². The molecule has 1 saturated heterocycles. The van der Waals surface area contributed by atoms with Crippen LogP contribution in [0, 0.1) is 11.7 Å². The van der Waals surface area contributed by atoms with Crippen molar-refractivity contribution in [3.05, 3.63) is 53.6 Å². The fraction of sp³-hybridized carbons (Fsp3) is 0.417. The number of aliphatic hydroxyl groups excluding tert-OH is 1. The lowest BCUT2D eigenvalue weighted by molar-refractivity contribution is 0.0235. The molecule has 190 valence electrons. The molecule has 5 rings (SSSR count).